The first kappa shape index (κ1) is 14.9. The average Bonchev–Trinajstić information content (AvgIpc) is 2.96. The lowest BCUT2D eigenvalue weighted by molar-refractivity contribution is 0.0959. The van der Waals surface area contributed by atoms with Gasteiger partial charge in [-0.15, -0.1) is 11.3 Å². The summed E-state index contributed by atoms with van der Waals surface area (Å²) < 4.78 is 0. The third-order valence-corrected chi connectivity index (χ3v) is 5.21. The van der Waals surface area contributed by atoms with Crippen molar-refractivity contribution in [2.75, 3.05) is 0 Å². The second-order valence-electron chi connectivity index (χ2n) is 5.78. The molecule has 0 saturated carbocycles. The first-order chi connectivity index (χ1) is 10.6. The Labute approximate surface area is 134 Å². The Kier molecular flexibility index (Phi) is 4.34. The highest BCUT2D eigenvalue weighted by Crippen LogP contribution is 2.32. The van der Waals surface area contributed by atoms with E-state index in [1.165, 1.54) is 16.9 Å². The number of nitrogens with zero attached hydrogens (tertiary/aromatic N) is 2. The predicted octanol–water partition coefficient (Wildman–Crippen LogP) is 3.42. The zero-order valence-electron chi connectivity index (χ0n) is 12.8. The van der Waals surface area contributed by atoms with Crippen LogP contribution in [0.4, 0.5) is 0 Å². The summed E-state index contributed by atoms with van der Waals surface area (Å²) in [6.45, 7) is 4.14. The fourth-order valence-electron chi connectivity index (χ4n) is 2.67. The first-order valence-corrected chi connectivity index (χ1v) is 8.31. The molecule has 0 aromatic carbocycles. The number of rotatable bonds is 3. The molecular weight excluding hydrogens is 294 g/mol. The number of carbonyl (C=O) groups excluding carboxylic acids is 1. The van der Waals surface area contributed by atoms with Crippen LogP contribution in [0.25, 0.3) is 0 Å². The van der Waals surface area contributed by atoms with Crippen LogP contribution in [0.2, 0.25) is 0 Å². The second-order valence-corrected chi connectivity index (χ2v) is 6.92. The standard InChI is InChI=1S/C17H19N3OS/c1-11-3-4-15-14(9-11)10-16(22-15)17(21)20-19-12(2)13-5-7-18-8-6-13/h5-8,10-11H,3-4,9H2,1-2H3,(H,20,21)/b19-12+. The quantitative estimate of drug-likeness (QED) is 0.697. The minimum atomic E-state index is -0.125. The number of carbonyl (C=O) groups is 1. The molecule has 1 amide bonds. The monoisotopic (exact) mass is 313 g/mol. The Morgan fingerprint density at radius 2 is 2.18 bits per heavy atom. The van der Waals surface area contributed by atoms with Crippen molar-refractivity contribution in [2.45, 2.75) is 33.1 Å². The van der Waals surface area contributed by atoms with Crippen LogP contribution >= 0.6 is 11.3 Å². The number of hydrogen-bond acceptors (Lipinski definition) is 4. The van der Waals surface area contributed by atoms with E-state index in [1.807, 2.05) is 25.1 Å². The molecule has 2 heterocycles. The molecule has 1 unspecified atom stereocenters. The molecule has 4 nitrogen and oxygen atoms in total. The van der Waals surface area contributed by atoms with Crippen LogP contribution in [0.15, 0.2) is 35.7 Å². The van der Waals surface area contributed by atoms with Gasteiger partial charge in [0.15, 0.2) is 0 Å². The maximum Gasteiger partial charge on any atom is 0.281 e. The van der Waals surface area contributed by atoms with Gasteiger partial charge in [0, 0.05) is 22.8 Å². The summed E-state index contributed by atoms with van der Waals surface area (Å²) in [5, 5.41) is 4.19. The molecule has 0 bridgehead atoms. The van der Waals surface area contributed by atoms with Gasteiger partial charge in [0.05, 0.1) is 10.6 Å². The lowest BCUT2D eigenvalue weighted by Gasteiger charge is -2.16. The molecule has 1 atom stereocenters. The Balaban J connectivity index is 1.70. The molecule has 114 valence electrons. The van der Waals surface area contributed by atoms with E-state index in [-0.39, 0.29) is 5.91 Å². The number of aryl methyl sites for hydroxylation is 1. The van der Waals surface area contributed by atoms with E-state index in [0.717, 1.165) is 29.0 Å². The number of thiophene rings is 1. The van der Waals surface area contributed by atoms with Gasteiger partial charge in [-0.1, -0.05) is 6.92 Å². The molecule has 0 aliphatic heterocycles. The first-order valence-electron chi connectivity index (χ1n) is 7.50. The van der Waals surface area contributed by atoms with Crippen LogP contribution in [-0.2, 0) is 12.8 Å². The number of aromatic nitrogens is 1. The van der Waals surface area contributed by atoms with E-state index in [0.29, 0.717) is 5.92 Å². The van der Waals surface area contributed by atoms with E-state index in [4.69, 9.17) is 0 Å². The van der Waals surface area contributed by atoms with Crippen molar-refractivity contribution < 1.29 is 4.79 Å². The van der Waals surface area contributed by atoms with Gasteiger partial charge >= 0.3 is 0 Å². The molecule has 3 rings (SSSR count). The zero-order valence-corrected chi connectivity index (χ0v) is 13.6. The molecule has 0 fully saturated rings. The number of amides is 1. The van der Waals surface area contributed by atoms with Crippen molar-refractivity contribution in [1.82, 2.24) is 10.4 Å². The number of nitrogens with one attached hydrogen (secondary N) is 1. The maximum absolute atomic E-state index is 12.3. The third-order valence-electron chi connectivity index (χ3n) is 3.98. The molecule has 0 spiro atoms. The molecular formula is C17H19N3OS. The zero-order chi connectivity index (χ0) is 15.5. The molecule has 0 saturated heterocycles. The summed E-state index contributed by atoms with van der Waals surface area (Å²) in [5.41, 5.74) is 5.72. The molecule has 1 N–H and O–H groups in total. The van der Waals surface area contributed by atoms with Gasteiger partial charge in [0.1, 0.15) is 0 Å². The number of hydrazone groups is 1. The molecule has 22 heavy (non-hydrogen) atoms. The van der Waals surface area contributed by atoms with Gasteiger partial charge in [0.2, 0.25) is 0 Å². The van der Waals surface area contributed by atoms with Crippen molar-refractivity contribution in [3.8, 4) is 0 Å². The van der Waals surface area contributed by atoms with Crippen molar-refractivity contribution in [3.05, 3.63) is 51.5 Å². The summed E-state index contributed by atoms with van der Waals surface area (Å²) in [4.78, 5) is 18.3. The fraction of sp³-hybridized carbons (Fsp3) is 0.353. The highest BCUT2D eigenvalue weighted by atomic mass is 32.1. The van der Waals surface area contributed by atoms with Crippen LogP contribution < -0.4 is 5.43 Å². The summed E-state index contributed by atoms with van der Waals surface area (Å²) in [5.74, 6) is 0.588. The maximum atomic E-state index is 12.3. The minimum absolute atomic E-state index is 0.125. The van der Waals surface area contributed by atoms with E-state index in [2.05, 4.69) is 22.4 Å². The SMILES string of the molecule is C/C(=N\NC(=O)c1cc2c(s1)CCC(C)C2)c1ccncc1. The Morgan fingerprint density at radius 1 is 1.41 bits per heavy atom. The Hall–Kier alpha value is -2.01. The van der Waals surface area contributed by atoms with Crippen molar-refractivity contribution >= 4 is 23.0 Å². The number of pyridine rings is 1. The third kappa shape index (κ3) is 3.25. The smallest absolute Gasteiger partial charge is 0.266 e. The summed E-state index contributed by atoms with van der Waals surface area (Å²) in [6.07, 6.45) is 6.81. The number of fused-ring (bicyclic) bond motifs is 1. The van der Waals surface area contributed by atoms with Crippen molar-refractivity contribution in [2.24, 2.45) is 11.0 Å². The lowest BCUT2D eigenvalue weighted by Crippen LogP contribution is -2.18. The van der Waals surface area contributed by atoms with Crippen LogP contribution in [0.1, 0.15) is 45.9 Å². The van der Waals surface area contributed by atoms with E-state index >= 15 is 0 Å². The Bertz CT molecular complexity index is 706. The van der Waals surface area contributed by atoms with Crippen LogP contribution in [0, 0.1) is 5.92 Å². The van der Waals surface area contributed by atoms with Gasteiger partial charge < -0.3 is 0 Å². The largest absolute Gasteiger partial charge is 0.281 e. The van der Waals surface area contributed by atoms with Gasteiger partial charge in [-0.3, -0.25) is 9.78 Å². The second kappa shape index (κ2) is 6.40. The minimum Gasteiger partial charge on any atom is -0.266 e. The van der Waals surface area contributed by atoms with Gasteiger partial charge in [-0.25, -0.2) is 5.43 Å². The van der Waals surface area contributed by atoms with Crippen molar-refractivity contribution in [3.63, 3.8) is 0 Å². The van der Waals surface area contributed by atoms with E-state index in [9.17, 15) is 4.79 Å². The lowest BCUT2D eigenvalue weighted by atomic mass is 9.90. The highest BCUT2D eigenvalue weighted by Gasteiger charge is 2.20. The molecule has 2 aromatic rings. The summed E-state index contributed by atoms with van der Waals surface area (Å²) >= 11 is 1.60. The van der Waals surface area contributed by atoms with Crippen LogP contribution in [-0.4, -0.2) is 16.6 Å². The fourth-order valence-corrected chi connectivity index (χ4v) is 3.76. The van der Waals surface area contributed by atoms with Crippen molar-refractivity contribution in [1.29, 1.82) is 0 Å². The molecule has 1 aliphatic carbocycles. The van der Waals surface area contributed by atoms with E-state index in [1.54, 1.807) is 23.7 Å². The van der Waals surface area contributed by atoms with Gasteiger partial charge in [-0.05, 0) is 55.9 Å². The average molecular weight is 313 g/mol. The Morgan fingerprint density at radius 3 is 2.95 bits per heavy atom. The van der Waals surface area contributed by atoms with E-state index < -0.39 is 0 Å². The molecule has 5 heteroatoms. The summed E-state index contributed by atoms with van der Waals surface area (Å²) in [7, 11) is 0. The highest BCUT2D eigenvalue weighted by molar-refractivity contribution is 7.14. The van der Waals surface area contributed by atoms with Crippen LogP contribution in [0.5, 0.6) is 0 Å². The predicted molar refractivity (Wildman–Crippen MR) is 89.4 cm³/mol. The van der Waals surface area contributed by atoms with Gasteiger partial charge in [0.25, 0.3) is 5.91 Å². The molecule has 1 aliphatic rings. The van der Waals surface area contributed by atoms with Crippen LogP contribution in [0.3, 0.4) is 0 Å². The van der Waals surface area contributed by atoms with Gasteiger partial charge in [-0.2, -0.15) is 5.10 Å². The topological polar surface area (TPSA) is 54.4 Å². The normalized spacial score (nSPS) is 17.9. The summed E-state index contributed by atoms with van der Waals surface area (Å²) in [6, 6.07) is 5.77. The number of hydrogen-bond donors (Lipinski definition) is 1. The molecule has 0 radical (unpaired) electrons. The molecule has 2 aromatic heterocycles.